The van der Waals surface area contributed by atoms with Gasteiger partial charge in [0.1, 0.15) is 28.8 Å². The maximum atomic E-state index is 14.7. The number of piperidine rings is 1. The third-order valence-corrected chi connectivity index (χ3v) is 8.28. The van der Waals surface area contributed by atoms with Gasteiger partial charge in [-0.3, -0.25) is 19.3 Å². The molecular weight excluding hydrogens is 668 g/mol. The number of likely N-dealkylation sites (tertiary alicyclic amines) is 1. The van der Waals surface area contributed by atoms with Crippen LogP contribution in [0.25, 0.3) is 0 Å². The van der Waals surface area contributed by atoms with Crippen molar-refractivity contribution in [1.29, 1.82) is 0 Å². The molecule has 3 aromatic rings. The monoisotopic (exact) mass is 702 g/mol. The van der Waals surface area contributed by atoms with Gasteiger partial charge in [0, 0.05) is 45.3 Å². The van der Waals surface area contributed by atoms with E-state index in [-0.39, 0.29) is 30.2 Å². The number of nitrogens with two attached hydrogens (primary N) is 2. The van der Waals surface area contributed by atoms with Crippen LogP contribution in [0.3, 0.4) is 0 Å². The Morgan fingerprint density at radius 3 is 2.36 bits per heavy atom. The molecule has 3 amide bonds. The van der Waals surface area contributed by atoms with E-state index in [1.807, 2.05) is 10.8 Å². The van der Waals surface area contributed by atoms with Crippen LogP contribution in [0.5, 0.6) is 5.75 Å². The number of nitrogens with one attached hydrogen (secondary N) is 3. The number of allylic oxidation sites excluding steroid dienone is 1. The molecule has 0 unspecified atom stereocenters. The zero-order chi connectivity index (χ0) is 36.0. The molecule has 0 spiro atoms. The van der Waals surface area contributed by atoms with Crippen LogP contribution in [-0.2, 0) is 22.6 Å². The number of ether oxygens (including phenoxy) is 1. The highest BCUT2D eigenvalue weighted by Crippen LogP contribution is 2.25. The van der Waals surface area contributed by atoms with Crippen molar-refractivity contribution in [2.45, 2.75) is 38.2 Å². The summed E-state index contributed by atoms with van der Waals surface area (Å²) in [7, 11) is 0. The van der Waals surface area contributed by atoms with E-state index in [9.17, 15) is 36.7 Å². The lowest BCUT2D eigenvalue weighted by Crippen LogP contribution is -2.52. The van der Waals surface area contributed by atoms with Gasteiger partial charge >= 0.3 is 6.36 Å². The Morgan fingerprint density at radius 1 is 1.06 bits per heavy atom. The highest BCUT2D eigenvalue weighted by Gasteiger charge is 2.32. The van der Waals surface area contributed by atoms with Crippen LogP contribution in [0.15, 0.2) is 42.2 Å². The number of carbonyl (C=O) groups excluding carboxylic acids is 4. The molecule has 4 heterocycles. The lowest BCUT2D eigenvalue weighted by Gasteiger charge is -2.41. The molecule has 266 valence electrons. The number of pyridine rings is 1. The number of primary amides is 1. The van der Waals surface area contributed by atoms with E-state index in [1.165, 1.54) is 12.1 Å². The van der Waals surface area contributed by atoms with Crippen molar-refractivity contribution in [2.75, 3.05) is 55.6 Å². The third kappa shape index (κ3) is 8.93. The van der Waals surface area contributed by atoms with Crippen molar-refractivity contribution in [3.05, 3.63) is 65.0 Å². The first-order valence-corrected chi connectivity index (χ1v) is 15.5. The minimum Gasteiger partial charge on any atom is -0.406 e. The van der Waals surface area contributed by atoms with Crippen LogP contribution in [-0.4, -0.2) is 99.9 Å². The normalized spacial score (nSPS) is 15.6. The topological polar surface area (TPSA) is 203 Å². The van der Waals surface area contributed by atoms with Crippen molar-refractivity contribution in [2.24, 2.45) is 5.73 Å². The lowest BCUT2D eigenvalue weighted by atomic mass is 10.0. The summed E-state index contributed by atoms with van der Waals surface area (Å²) in [6.45, 7) is 4.71. The van der Waals surface area contributed by atoms with Gasteiger partial charge in [-0.25, -0.2) is 14.5 Å². The number of alkyl halides is 3. The SMILES string of the molecule is NC(=O)c1c(C(=O)Nc2cc(NC(=O)Cc3ccc(OC(F)(F)F)cc3)cnc2F)nn(CC(=C=O)N2CCC(N3CCNCC3)CC2)c1N. The fourth-order valence-corrected chi connectivity index (χ4v) is 5.87. The van der Waals surface area contributed by atoms with Gasteiger partial charge in [-0.1, -0.05) is 12.1 Å². The summed E-state index contributed by atoms with van der Waals surface area (Å²) in [5.74, 6) is -2.77. The summed E-state index contributed by atoms with van der Waals surface area (Å²) >= 11 is 0. The predicted molar refractivity (Wildman–Crippen MR) is 171 cm³/mol. The molecule has 0 bridgehead atoms. The van der Waals surface area contributed by atoms with Gasteiger partial charge in [-0.15, -0.1) is 13.2 Å². The van der Waals surface area contributed by atoms with E-state index in [4.69, 9.17) is 11.5 Å². The van der Waals surface area contributed by atoms with Crippen LogP contribution in [0, 0.1) is 5.95 Å². The number of halogens is 4. The first-order chi connectivity index (χ1) is 23.8. The second kappa shape index (κ2) is 15.4. The van der Waals surface area contributed by atoms with Crippen molar-refractivity contribution in [3.63, 3.8) is 0 Å². The van der Waals surface area contributed by atoms with Gasteiger partial charge in [0.2, 0.25) is 11.9 Å². The molecule has 15 nitrogen and oxygen atoms in total. The summed E-state index contributed by atoms with van der Waals surface area (Å²) in [6, 6.07) is 6.06. The van der Waals surface area contributed by atoms with E-state index in [2.05, 4.69) is 35.7 Å². The Morgan fingerprint density at radius 2 is 1.74 bits per heavy atom. The Hall–Kier alpha value is -5.52. The summed E-state index contributed by atoms with van der Waals surface area (Å²) in [6.07, 6.45) is -2.50. The second-order valence-electron chi connectivity index (χ2n) is 11.6. The predicted octanol–water partition coefficient (Wildman–Crippen LogP) is 1.52. The summed E-state index contributed by atoms with van der Waals surface area (Å²) in [4.78, 5) is 58.0. The summed E-state index contributed by atoms with van der Waals surface area (Å²) < 4.78 is 56.7. The van der Waals surface area contributed by atoms with Crippen molar-refractivity contribution in [3.8, 4) is 5.75 Å². The Balaban J connectivity index is 1.24. The van der Waals surface area contributed by atoms with E-state index in [0.717, 1.165) is 68.1 Å². The first kappa shape index (κ1) is 35.8. The molecule has 5 rings (SSSR count). The number of aromatic nitrogens is 3. The molecule has 7 N–H and O–H groups in total. The number of nitrogens with zero attached hydrogens (tertiary/aromatic N) is 5. The quantitative estimate of drug-likeness (QED) is 0.110. The zero-order valence-electron chi connectivity index (χ0n) is 26.6. The molecule has 2 aliphatic rings. The Labute approximate surface area is 282 Å². The van der Waals surface area contributed by atoms with Gasteiger partial charge in [0.15, 0.2) is 5.69 Å². The minimum atomic E-state index is -4.87. The fraction of sp³-hybridized carbons (Fsp3) is 0.387. The molecule has 0 aliphatic carbocycles. The largest absolute Gasteiger partial charge is 0.573 e. The van der Waals surface area contributed by atoms with Crippen LogP contribution >= 0.6 is 0 Å². The molecule has 0 saturated carbocycles. The third-order valence-electron chi connectivity index (χ3n) is 8.28. The number of nitrogen functional groups attached to an aromatic ring is 1. The van der Waals surface area contributed by atoms with Crippen molar-refractivity contribution >= 4 is 40.9 Å². The van der Waals surface area contributed by atoms with E-state index in [0.29, 0.717) is 24.7 Å². The number of benzene rings is 1. The Kier molecular flexibility index (Phi) is 11.0. The van der Waals surface area contributed by atoms with E-state index in [1.54, 1.807) is 0 Å². The van der Waals surface area contributed by atoms with Gasteiger partial charge < -0.3 is 37.1 Å². The molecule has 2 aliphatic heterocycles. The number of amides is 3. The van der Waals surface area contributed by atoms with Crippen LogP contribution in [0.1, 0.15) is 39.3 Å². The highest BCUT2D eigenvalue weighted by molar-refractivity contribution is 6.13. The summed E-state index contributed by atoms with van der Waals surface area (Å²) in [5, 5.41) is 12.1. The lowest BCUT2D eigenvalue weighted by molar-refractivity contribution is -0.274. The molecule has 0 radical (unpaired) electrons. The highest BCUT2D eigenvalue weighted by atomic mass is 19.4. The number of hydrogen-bond acceptors (Lipinski definition) is 11. The molecule has 2 fully saturated rings. The maximum Gasteiger partial charge on any atom is 0.573 e. The van der Waals surface area contributed by atoms with E-state index < -0.39 is 52.7 Å². The Bertz CT molecular complexity index is 1780. The summed E-state index contributed by atoms with van der Waals surface area (Å²) in [5.41, 5.74) is 10.7. The molecule has 1 aromatic carbocycles. The molecule has 50 heavy (non-hydrogen) atoms. The first-order valence-electron chi connectivity index (χ1n) is 15.5. The maximum absolute atomic E-state index is 14.7. The number of rotatable bonds is 11. The average molecular weight is 703 g/mol. The van der Waals surface area contributed by atoms with Gasteiger partial charge in [0.05, 0.1) is 30.5 Å². The van der Waals surface area contributed by atoms with Gasteiger partial charge in [-0.2, -0.15) is 9.49 Å². The van der Waals surface area contributed by atoms with Gasteiger partial charge in [-0.05, 0) is 36.6 Å². The number of piperazine rings is 1. The van der Waals surface area contributed by atoms with Crippen molar-refractivity contribution < 1.29 is 41.5 Å². The van der Waals surface area contributed by atoms with Crippen LogP contribution in [0.2, 0.25) is 0 Å². The van der Waals surface area contributed by atoms with Crippen LogP contribution < -0.4 is 32.2 Å². The van der Waals surface area contributed by atoms with Crippen molar-refractivity contribution in [1.82, 2.24) is 29.9 Å². The number of carbonyl (C=O) groups is 3. The second-order valence-corrected chi connectivity index (χ2v) is 11.6. The molecule has 19 heteroatoms. The standard InChI is InChI=1S/C31H34F4N10O5/c32-27-23(14-19(15-39-27)40-24(47)13-18-1-3-22(4-2-18)50-31(33,34)35)41-30(49)26-25(29(37)48)28(36)45(42-26)16-21(17-46)43-9-5-20(6-10-43)44-11-7-38-8-12-44/h1-4,14-15,20,38H,5-13,16,36H2,(H2,37,48)(H,40,47)(H,41,49). The average Bonchev–Trinajstić information content (AvgIpc) is 3.41. The number of hydrogen-bond donors (Lipinski definition) is 5. The molecular formula is C31H34F4N10O5. The fourth-order valence-electron chi connectivity index (χ4n) is 5.87. The molecule has 2 aromatic heterocycles. The van der Waals surface area contributed by atoms with Crippen LogP contribution in [0.4, 0.5) is 34.8 Å². The smallest absolute Gasteiger partial charge is 0.406 e. The number of anilines is 3. The molecule has 2 saturated heterocycles. The molecule has 0 atom stereocenters. The minimum absolute atomic E-state index is 0.0367. The van der Waals surface area contributed by atoms with E-state index >= 15 is 0 Å². The zero-order valence-corrected chi connectivity index (χ0v) is 26.6. The van der Waals surface area contributed by atoms with Gasteiger partial charge in [0.25, 0.3) is 11.8 Å².